The number of halogens is 2. The molecule has 34 heavy (non-hydrogen) atoms. The zero-order chi connectivity index (χ0) is 23.9. The molecule has 1 fully saturated rings. The van der Waals surface area contributed by atoms with Crippen molar-refractivity contribution < 1.29 is 13.5 Å². The number of hydrogen-bond donors (Lipinski definition) is 0. The van der Waals surface area contributed by atoms with Crippen LogP contribution in [0.3, 0.4) is 0 Å². The largest absolute Gasteiger partial charge is 0.488 e. The van der Waals surface area contributed by atoms with Crippen LogP contribution >= 0.6 is 0 Å². The lowest BCUT2D eigenvalue weighted by Gasteiger charge is -2.30. The summed E-state index contributed by atoms with van der Waals surface area (Å²) in [5.74, 6) is 0.674. The SMILES string of the molecule is CCOc1c(F)cc(-c2ccc(CCC3CCC(C[C@H](C)c4ccccc4)CC3)cc2)cc1F. The lowest BCUT2D eigenvalue weighted by atomic mass is 9.75. The van der Waals surface area contributed by atoms with Crippen LogP contribution < -0.4 is 4.74 Å². The van der Waals surface area contributed by atoms with Crippen LogP contribution in [0.2, 0.25) is 0 Å². The molecule has 0 radical (unpaired) electrons. The van der Waals surface area contributed by atoms with Gasteiger partial charge in [0.25, 0.3) is 0 Å². The van der Waals surface area contributed by atoms with Gasteiger partial charge >= 0.3 is 0 Å². The molecule has 0 aromatic heterocycles. The van der Waals surface area contributed by atoms with Gasteiger partial charge in [0.05, 0.1) is 6.61 Å². The third kappa shape index (κ3) is 6.25. The van der Waals surface area contributed by atoms with Crippen molar-refractivity contribution in [2.24, 2.45) is 11.8 Å². The van der Waals surface area contributed by atoms with Crippen molar-refractivity contribution in [3.05, 3.63) is 89.5 Å². The van der Waals surface area contributed by atoms with Crippen molar-refractivity contribution in [1.29, 1.82) is 0 Å². The normalized spacial score (nSPS) is 19.1. The lowest BCUT2D eigenvalue weighted by molar-refractivity contribution is 0.245. The predicted molar refractivity (Wildman–Crippen MR) is 136 cm³/mol. The maximum absolute atomic E-state index is 14.2. The van der Waals surface area contributed by atoms with Gasteiger partial charge in [-0.2, -0.15) is 0 Å². The van der Waals surface area contributed by atoms with Crippen molar-refractivity contribution in [3.8, 4) is 16.9 Å². The number of ether oxygens (including phenoxy) is 1. The highest BCUT2D eigenvalue weighted by Crippen LogP contribution is 2.37. The smallest absolute Gasteiger partial charge is 0.190 e. The highest BCUT2D eigenvalue weighted by molar-refractivity contribution is 5.65. The molecule has 0 saturated heterocycles. The Labute approximate surface area is 203 Å². The van der Waals surface area contributed by atoms with Crippen molar-refractivity contribution in [2.75, 3.05) is 6.61 Å². The van der Waals surface area contributed by atoms with Gasteiger partial charge in [0.15, 0.2) is 17.4 Å². The molecule has 3 heteroatoms. The van der Waals surface area contributed by atoms with Crippen LogP contribution in [0, 0.1) is 23.5 Å². The van der Waals surface area contributed by atoms with Gasteiger partial charge in [0.1, 0.15) is 0 Å². The Morgan fingerprint density at radius 2 is 1.44 bits per heavy atom. The topological polar surface area (TPSA) is 9.23 Å². The first-order chi connectivity index (χ1) is 16.5. The van der Waals surface area contributed by atoms with E-state index in [1.165, 1.54) is 61.8 Å². The summed E-state index contributed by atoms with van der Waals surface area (Å²) in [5.41, 5.74) is 4.10. The average molecular weight is 463 g/mol. The Bertz CT molecular complexity index is 1010. The van der Waals surface area contributed by atoms with E-state index in [0.717, 1.165) is 23.8 Å². The summed E-state index contributed by atoms with van der Waals surface area (Å²) < 4.78 is 33.5. The van der Waals surface area contributed by atoms with Crippen molar-refractivity contribution in [1.82, 2.24) is 0 Å². The molecule has 0 heterocycles. The van der Waals surface area contributed by atoms with Crippen LogP contribution in [0.15, 0.2) is 66.7 Å². The maximum atomic E-state index is 14.2. The zero-order valence-electron chi connectivity index (χ0n) is 20.4. The molecule has 0 bridgehead atoms. The Balaban J connectivity index is 1.25. The lowest BCUT2D eigenvalue weighted by Crippen LogP contribution is -2.16. The van der Waals surface area contributed by atoms with Crippen LogP contribution in [-0.4, -0.2) is 6.61 Å². The first-order valence-electron chi connectivity index (χ1n) is 12.8. The van der Waals surface area contributed by atoms with Crippen LogP contribution in [-0.2, 0) is 6.42 Å². The molecular weight excluding hydrogens is 426 g/mol. The first-order valence-corrected chi connectivity index (χ1v) is 12.8. The molecule has 1 aliphatic rings. The van der Waals surface area contributed by atoms with E-state index in [-0.39, 0.29) is 12.4 Å². The van der Waals surface area contributed by atoms with E-state index in [0.29, 0.717) is 11.5 Å². The highest BCUT2D eigenvalue weighted by atomic mass is 19.1. The molecule has 3 aromatic carbocycles. The molecule has 180 valence electrons. The van der Waals surface area contributed by atoms with E-state index in [9.17, 15) is 8.78 Å². The molecule has 1 nitrogen and oxygen atoms in total. The molecule has 0 unspecified atom stereocenters. The predicted octanol–water partition coefficient (Wildman–Crippen LogP) is 8.96. The molecule has 3 aromatic rings. The molecule has 0 amide bonds. The minimum absolute atomic E-state index is 0.232. The van der Waals surface area contributed by atoms with E-state index >= 15 is 0 Å². The summed E-state index contributed by atoms with van der Waals surface area (Å²) in [6.45, 7) is 4.31. The fourth-order valence-electron chi connectivity index (χ4n) is 5.42. The number of benzene rings is 3. The minimum Gasteiger partial charge on any atom is -0.488 e. The second-order valence-electron chi connectivity index (χ2n) is 9.87. The van der Waals surface area contributed by atoms with E-state index in [4.69, 9.17) is 4.74 Å². The van der Waals surface area contributed by atoms with Gasteiger partial charge in [-0.1, -0.05) is 87.2 Å². The van der Waals surface area contributed by atoms with Crippen molar-refractivity contribution in [2.45, 2.75) is 64.7 Å². The van der Waals surface area contributed by atoms with Gasteiger partial charge in [-0.3, -0.25) is 0 Å². The van der Waals surface area contributed by atoms with Gasteiger partial charge in [-0.25, -0.2) is 8.78 Å². The third-order valence-corrected chi connectivity index (χ3v) is 7.44. The van der Waals surface area contributed by atoms with Gasteiger partial charge in [0, 0.05) is 0 Å². The number of aryl methyl sites for hydroxylation is 1. The average Bonchev–Trinajstić information content (AvgIpc) is 2.86. The van der Waals surface area contributed by atoms with E-state index in [1.807, 2.05) is 12.1 Å². The Morgan fingerprint density at radius 3 is 2.06 bits per heavy atom. The van der Waals surface area contributed by atoms with Gasteiger partial charge in [0.2, 0.25) is 0 Å². The molecular formula is C31H36F2O. The first kappa shape index (κ1) is 24.4. The summed E-state index contributed by atoms with van der Waals surface area (Å²) in [7, 11) is 0. The third-order valence-electron chi connectivity index (χ3n) is 7.44. The summed E-state index contributed by atoms with van der Waals surface area (Å²) in [4.78, 5) is 0. The number of hydrogen-bond acceptors (Lipinski definition) is 1. The molecule has 0 aliphatic heterocycles. The van der Waals surface area contributed by atoms with Crippen LogP contribution in [0.4, 0.5) is 8.78 Å². The monoisotopic (exact) mass is 462 g/mol. The van der Waals surface area contributed by atoms with Crippen LogP contribution in [0.1, 0.15) is 69.4 Å². The second-order valence-corrected chi connectivity index (χ2v) is 9.87. The molecule has 0 spiro atoms. The summed E-state index contributed by atoms with van der Waals surface area (Å²) in [5, 5.41) is 0. The molecule has 1 aliphatic carbocycles. The fraction of sp³-hybridized carbons (Fsp3) is 0.419. The number of rotatable bonds is 9. The second kappa shape index (κ2) is 11.6. The standard InChI is InChI=1S/C31H36F2O/c1-3-34-31-29(32)20-28(21-30(31)33)27-17-15-24(16-18-27)10-9-23-11-13-25(14-12-23)19-22(2)26-7-5-4-6-8-26/h4-8,15-18,20-23,25H,3,9-14,19H2,1-2H3/t22-,23?,25?/m0/s1. The van der Waals surface area contributed by atoms with Crippen LogP contribution in [0.5, 0.6) is 5.75 Å². The van der Waals surface area contributed by atoms with Gasteiger partial charge < -0.3 is 4.74 Å². The van der Waals surface area contributed by atoms with Crippen molar-refractivity contribution in [3.63, 3.8) is 0 Å². The zero-order valence-corrected chi connectivity index (χ0v) is 20.4. The Hall–Kier alpha value is -2.68. The van der Waals surface area contributed by atoms with E-state index < -0.39 is 11.6 Å². The quantitative estimate of drug-likeness (QED) is 0.308. The Morgan fingerprint density at radius 1 is 0.824 bits per heavy atom. The van der Waals surface area contributed by atoms with Gasteiger partial charge in [-0.05, 0) is 78.3 Å². The van der Waals surface area contributed by atoms with E-state index in [1.54, 1.807) is 6.92 Å². The molecule has 1 saturated carbocycles. The summed E-state index contributed by atoms with van der Waals surface area (Å²) in [6, 6.07) is 21.7. The van der Waals surface area contributed by atoms with Crippen LogP contribution in [0.25, 0.3) is 11.1 Å². The molecule has 0 N–H and O–H groups in total. The highest BCUT2D eigenvalue weighted by Gasteiger charge is 2.23. The summed E-state index contributed by atoms with van der Waals surface area (Å²) in [6.07, 6.45) is 8.91. The van der Waals surface area contributed by atoms with E-state index in [2.05, 4.69) is 49.4 Å². The minimum atomic E-state index is -0.658. The van der Waals surface area contributed by atoms with Crippen molar-refractivity contribution >= 4 is 0 Å². The summed E-state index contributed by atoms with van der Waals surface area (Å²) >= 11 is 0. The molecule has 1 atom stereocenters. The van der Waals surface area contributed by atoms with Gasteiger partial charge in [-0.15, -0.1) is 0 Å². The Kier molecular flexibility index (Phi) is 8.37. The fourth-order valence-corrected chi connectivity index (χ4v) is 5.42. The maximum Gasteiger partial charge on any atom is 0.190 e. The molecule has 4 rings (SSSR count).